The lowest BCUT2D eigenvalue weighted by Gasteiger charge is -2.20. The van der Waals surface area contributed by atoms with Crippen LogP contribution in [0.2, 0.25) is 5.02 Å². The topological polar surface area (TPSA) is 55.0 Å². The van der Waals surface area contributed by atoms with E-state index in [0.717, 1.165) is 11.4 Å². The number of nitrogens with zero attached hydrogens (tertiary/aromatic N) is 3. The van der Waals surface area contributed by atoms with Gasteiger partial charge in [0, 0.05) is 20.1 Å². The van der Waals surface area contributed by atoms with Crippen molar-refractivity contribution in [2.24, 2.45) is 5.73 Å². The summed E-state index contributed by atoms with van der Waals surface area (Å²) in [5.41, 5.74) is 8.04. The third kappa shape index (κ3) is 2.78. The Kier molecular flexibility index (Phi) is 4.12. The second-order valence-corrected chi connectivity index (χ2v) is 4.43. The number of halogens is 1. The number of rotatable bonds is 4. The van der Waals surface area contributed by atoms with Crippen molar-refractivity contribution in [3.63, 3.8) is 0 Å². The number of nitrogens with two attached hydrogens (primary N) is 1. The van der Waals surface area contributed by atoms with Gasteiger partial charge in [-0.05, 0) is 11.1 Å². The van der Waals surface area contributed by atoms with Crippen molar-refractivity contribution in [3.8, 4) is 0 Å². The molecule has 0 aliphatic carbocycles. The van der Waals surface area contributed by atoms with Crippen molar-refractivity contribution in [1.82, 2.24) is 9.97 Å². The second-order valence-electron chi connectivity index (χ2n) is 4.02. The Labute approximate surface area is 111 Å². The van der Waals surface area contributed by atoms with E-state index < -0.39 is 0 Å². The van der Waals surface area contributed by atoms with Crippen LogP contribution in [0.15, 0.2) is 36.8 Å². The molecule has 4 nitrogen and oxygen atoms in total. The van der Waals surface area contributed by atoms with E-state index in [4.69, 9.17) is 17.3 Å². The van der Waals surface area contributed by atoms with Gasteiger partial charge in [-0.25, -0.2) is 9.97 Å². The minimum atomic E-state index is 0.529. The Balaban J connectivity index is 2.21. The van der Waals surface area contributed by atoms with Gasteiger partial charge >= 0.3 is 0 Å². The third-order valence-corrected chi connectivity index (χ3v) is 3.02. The van der Waals surface area contributed by atoms with Crippen LogP contribution in [0.4, 0.5) is 5.82 Å². The predicted octanol–water partition coefficient (Wildman–Crippen LogP) is 2.23. The van der Waals surface area contributed by atoms with Crippen LogP contribution >= 0.6 is 11.6 Å². The first-order valence-corrected chi connectivity index (χ1v) is 6.03. The van der Waals surface area contributed by atoms with Crippen LogP contribution in [0.1, 0.15) is 11.1 Å². The summed E-state index contributed by atoms with van der Waals surface area (Å²) in [6, 6.07) is 8.09. The summed E-state index contributed by atoms with van der Waals surface area (Å²) in [5, 5.41) is 0.547. The van der Waals surface area contributed by atoms with Crippen LogP contribution in [-0.2, 0) is 13.1 Å². The molecule has 0 bridgehead atoms. The smallest absolute Gasteiger partial charge is 0.150 e. The number of benzene rings is 1. The van der Waals surface area contributed by atoms with E-state index in [0.29, 0.717) is 18.1 Å². The largest absolute Gasteiger partial charge is 0.354 e. The molecule has 0 fully saturated rings. The third-order valence-electron chi connectivity index (χ3n) is 2.76. The number of anilines is 1. The van der Waals surface area contributed by atoms with Crippen LogP contribution < -0.4 is 10.6 Å². The summed E-state index contributed by atoms with van der Waals surface area (Å²) in [6.45, 7) is 1.24. The van der Waals surface area contributed by atoms with Crippen molar-refractivity contribution >= 4 is 17.4 Å². The van der Waals surface area contributed by atoms with E-state index in [1.54, 1.807) is 6.20 Å². The van der Waals surface area contributed by atoms with Gasteiger partial charge in [0.1, 0.15) is 11.3 Å². The van der Waals surface area contributed by atoms with Crippen molar-refractivity contribution in [3.05, 3.63) is 52.9 Å². The van der Waals surface area contributed by atoms with Crippen molar-refractivity contribution in [1.29, 1.82) is 0 Å². The molecule has 0 atom stereocenters. The molecule has 0 spiro atoms. The van der Waals surface area contributed by atoms with E-state index >= 15 is 0 Å². The average Bonchev–Trinajstić information content (AvgIpc) is 2.39. The van der Waals surface area contributed by atoms with Gasteiger partial charge in [0.15, 0.2) is 5.82 Å². The van der Waals surface area contributed by atoms with Gasteiger partial charge in [0.25, 0.3) is 0 Å². The molecule has 0 unspecified atom stereocenters. The molecule has 0 amide bonds. The number of hydrogen-bond acceptors (Lipinski definition) is 4. The molecule has 0 radical (unpaired) electrons. The minimum Gasteiger partial charge on any atom is -0.354 e. The van der Waals surface area contributed by atoms with E-state index in [1.165, 1.54) is 11.9 Å². The summed E-state index contributed by atoms with van der Waals surface area (Å²) in [6.07, 6.45) is 3.09. The summed E-state index contributed by atoms with van der Waals surface area (Å²) in [4.78, 5) is 10.0. The predicted molar refractivity (Wildman–Crippen MR) is 73.5 cm³/mol. The molecule has 0 aliphatic rings. The van der Waals surface area contributed by atoms with Crippen molar-refractivity contribution < 1.29 is 0 Å². The van der Waals surface area contributed by atoms with Gasteiger partial charge < -0.3 is 10.6 Å². The lowest BCUT2D eigenvalue weighted by molar-refractivity contribution is 0.871. The van der Waals surface area contributed by atoms with Gasteiger partial charge in [-0.3, -0.25) is 0 Å². The van der Waals surface area contributed by atoms with Crippen LogP contribution in [0, 0.1) is 0 Å². The monoisotopic (exact) mass is 262 g/mol. The van der Waals surface area contributed by atoms with E-state index in [2.05, 4.69) is 16.0 Å². The quantitative estimate of drug-likeness (QED) is 0.918. The maximum Gasteiger partial charge on any atom is 0.150 e. The first-order chi connectivity index (χ1) is 8.72. The number of aromatic nitrogens is 2. The molecule has 0 saturated carbocycles. The average molecular weight is 263 g/mol. The normalized spacial score (nSPS) is 10.4. The van der Waals surface area contributed by atoms with Crippen LogP contribution in [0.3, 0.4) is 0 Å². The van der Waals surface area contributed by atoms with E-state index in [9.17, 15) is 0 Å². The van der Waals surface area contributed by atoms with E-state index in [-0.39, 0.29) is 0 Å². The van der Waals surface area contributed by atoms with Crippen LogP contribution in [-0.4, -0.2) is 17.0 Å². The lowest BCUT2D eigenvalue weighted by Crippen LogP contribution is -2.19. The minimum absolute atomic E-state index is 0.529. The van der Waals surface area contributed by atoms with Crippen molar-refractivity contribution in [2.45, 2.75) is 13.1 Å². The second kappa shape index (κ2) is 5.80. The van der Waals surface area contributed by atoms with Gasteiger partial charge in [-0.15, -0.1) is 0 Å². The molecular weight excluding hydrogens is 248 g/mol. The SMILES string of the molecule is CN(Cc1ccccc1CN)c1ncncc1Cl. The Bertz CT molecular complexity index is 530. The zero-order valence-corrected chi connectivity index (χ0v) is 10.9. The molecule has 2 aromatic rings. The Morgan fingerprint density at radius 3 is 2.67 bits per heavy atom. The Morgan fingerprint density at radius 1 is 1.28 bits per heavy atom. The van der Waals surface area contributed by atoms with E-state index in [1.807, 2.05) is 30.1 Å². The Hall–Kier alpha value is -1.65. The maximum atomic E-state index is 6.07. The molecule has 18 heavy (non-hydrogen) atoms. The van der Waals surface area contributed by atoms with Crippen molar-refractivity contribution in [2.75, 3.05) is 11.9 Å². The standard InChI is InChI=1S/C13H15ClN4/c1-18(13-12(14)7-16-9-17-13)8-11-5-3-2-4-10(11)6-15/h2-5,7,9H,6,8,15H2,1H3. The fourth-order valence-corrected chi connectivity index (χ4v) is 2.08. The highest BCUT2D eigenvalue weighted by molar-refractivity contribution is 6.32. The molecule has 0 saturated heterocycles. The zero-order valence-electron chi connectivity index (χ0n) is 10.2. The molecule has 2 rings (SSSR count). The first kappa shape index (κ1) is 12.8. The molecule has 2 N–H and O–H groups in total. The summed E-state index contributed by atoms with van der Waals surface area (Å²) in [7, 11) is 1.95. The Morgan fingerprint density at radius 2 is 2.00 bits per heavy atom. The fourth-order valence-electron chi connectivity index (χ4n) is 1.83. The highest BCUT2D eigenvalue weighted by atomic mass is 35.5. The van der Waals surface area contributed by atoms with Gasteiger partial charge in [0.05, 0.1) is 6.20 Å². The summed E-state index contributed by atoms with van der Waals surface area (Å²) >= 11 is 6.07. The molecule has 5 heteroatoms. The molecule has 94 valence electrons. The number of hydrogen-bond donors (Lipinski definition) is 1. The molecule has 1 aromatic carbocycles. The highest BCUT2D eigenvalue weighted by Gasteiger charge is 2.09. The molecular formula is C13H15ClN4. The summed E-state index contributed by atoms with van der Waals surface area (Å²) < 4.78 is 0. The first-order valence-electron chi connectivity index (χ1n) is 5.66. The highest BCUT2D eigenvalue weighted by Crippen LogP contribution is 2.22. The summed E-state index contributed by atoms with van der Waals surface area (Å²) in [5.74, 6) is 0.721. The van der Waals surface area contributed by atoms with Gasteiger partial charge in [-0.1, -0.05) is 35.9 Å². The van der Waals surface area contributed by atoms with Gasteiger partial charge in [0.2, 0.25) is 0 Å². The maximum absolute atomic E-state index is 6.07. The molecule has 1 heterocycles. The lowest BCUT2D eigenvalue weighted by atomic mass is 10.1. The molecule has 0 aliphatic heterocycles. The van der Waals surface area contributed by atoms with Crippen LogP contribution in [0.25, 0.3) is 0 Å². The van der Waals surface area contributed by atoms with Gasteiger partial charge in [-0.2, -0.15) is 0 Å². The zero-order chi connectivity index (χ0) is 13.0. The van der Waals surface area contributed by atoms with Crippen LogP contribution in [0.5, 0.6) is 0 Å². The molecule has 1 aromatic heterocycles. The fraction of sp³-hybridized carbons (Fsp3) is 0.231.